The maximum atomic E-state index is 11.5. The minimum absolute atomic E-state index is 0.326. The first-order chi connectivity index (χ1) is 10.0. The largest absolute Gasteiger partial charge is 0.481 e. The summed E-state index contributed by atoms with van der Waals surface area (Å²) in [5, 5.41) is 13.6. The Morgan fingerprint density at radius 3 is 2.57 bits per heavy atom. The molecular formula is C16H26N2O3. The SMILES string of the molecule is CCC1CCC(c2noc(CC(CC)(CC)C(=O)O)n2)C1. The van der Waals surface area contributed by atoms with Gasteiger partial charge in [0.25, 0.3) is 0 Å². The van der Waals surface area contributed by atoms with Gasteiger partial charge in [0.05, 0.1) is 5.41 Å². The standard InChI is InChI=1S/C16H26N2O3/c1-4-11-7-8-12(9-11)14-17-13(21-18-14)10-16(5-2,6-3)15(19)20/h11-12H,4-10H2,1-3H3,(H,19,20). The van der Waals surface area contributed by atoms with Gasteiger partial charge in [-0.2, -0.15) is 4.98 Å². The van der Waals surface area contributed by atoms with Crippen molar-refractivity contribution in [1.82, 2.24) is 10.1 Å². The monoisotopic (exact) mass is 294 g/mol. The summed E-state index contributed by atoms with van der Waals surface area (Å²) in [6.45, 7) is 6.02. The zero-order chi connectivity index (χ0) is 15.5. The zero-order valence-corrected chi connectivity index (χ0v) is 13.3. The molecule has 2 rings (SSSR count). The summed E-state index contributed by atoms with van der Waals surface area (Å²) in [4.78, 5) is 16.0. The lowest BCUT2D eigenvalue weighted by atomic mass is 9.79. The van der Waals surface area contributed by atoms with Gasteiger partial charge in [-0.15, -0.1) is 0 Å². The molecule has 0 bridgehead atoms. The lowest BCUT2D eigenvalue weighted by Gasteiger charge is -2.24. The molecule has 5 heteroatoms. The molecule has 0 saturated heterocycles. The van der Waals surface area contributed by atoms with Crippen molar-refractivity contribution in [2.75, 3.05) is 0 Å². The van der Waals surface area contributed by atoms with Crippen molar-refractivity contribution in [1.29, 1.82) is 0 Å². The average molecular weight is 294 g/mol. The van der Waals surface area contributed by atoms with E-state index in [1.165, 1.54) is 12.8 Å². The molecule has 2 atom stereocenters. The minimum Gasteiger partial charge on any atom is -0.481 e. The first-order valence-corrected chi connectivity index (χ1v) is 8.10. The number of hydrogen-bond donors (Lipinski definition) is 1. The first-order valence-electron chi connectivity index (χ1n) is 8.10. The molecule has 0 aromatic carbocycles. The third kappa shape index (κ3) is 3.27. The second kappa shape index (κ2) is 6.58. The van der Waals surface area contributed by atoms with Crippen LogP contribution < -0.4 is 0 Å². The number of nitrogens with zero attached hydrogens (tertiary/aromatic N) is 2. The van der Waals surface area contributed by atoms with Crippen LogP contribution in [0.4, 0.5) is 0 Å². The molecule has 1 fully saturated rings. The number of aliphatic carboxylic acids is 1. The van der Waals surface area contributed by atoms with Crippen LogP contribution in [0.2, 0.25) is 0 Å². The lowest BCUT2D eigenvalue weighted by molar-refractivity contribution is -0.149. The Labute approximate surface area is 126 Å². The Bertz CT molecular complexity index is 480. The van der Waals surface area contributed by atoms with Crippen molar-refractivity contribution < 1.29 is 14.4 Å². The summed E-state index contributed by atoms with van der Waals surface area (Å²) >= 11 is 0. The van der Waals surface area contributed by atoms with E-state index in [9.17, 15) is 9.90 Å². The molecule has 1 saturated carbocycles. The van der Waals surface area contributed by atoms with E-state index in [2.05, 4.69) is 17.1 Å². The number of rotatable bonds is 7. The third-order valence-corrected chi connectivity index (χ3v) is 5.26. The number of hydrogen-bond acceptors (Lipinski definition) is 4. The lowest BCUT2D eigenvalue weighted by Crippen LogP contribution is -2.32. The van der Waals surface area contributed by atoms with Crippen LogP contribution in [0.3, 0.4) is 0 Å². The maximum Gasteiger partial charge on any atom is 0.310 e. The summed E-state index contributed by atoms with van der Waals surface area (Å²) < 4.78 is 5.33. The smallest absolute Gasteiger partial charge is 0.310 e. The molecule has 1 heterocycles. The number of aromatic nitrogens is 2. The van der Waals surface area contributed by atoms with Crippen molar-refractivity contribution in [3.05, 3.63) is 11.7 Å². The van der Waals surface area contributed by atoms with Crippen LogP contribution in [-0.2, 0) is 11.2 Å². The van der Waals surface area contributed by atoms with Crippen LogP contribution in [0.1, 0.15) is 76.9 Å². The summed E-state index contributed by atoms with van der Waals surface area (Å²) in [6.07, 6.45) is 6.13. The van der Waals surface area contributed by atoms with Gasteiger partial charge in [0.1, 0.15) is 0 Å². The fourth-order valence-electron chi connectivity index (χ4n) is 3.35. The molecule has 0 spiro atoms. The maximum absolute atomic E-state index is 11.5. The minimum atomic E-state index is -0.786. The summed E-state index contributed by atoms with van der Waals surface area (Å²) in [5.74, 6) is 1.61. The van der Waals surface area contributed by atoms with Crippen molar-refractivity contribution in [3.63, 3.8) is 0 Å². The molecule has 1 aromatic heterocycles. The van der Waals surface area contributed by atoms with Gasteiger partial charge >= 0.3 is 5.97 Å². The highest BCUT2D eigenvalue weighted by Gasteiger charge is 2.37. The van der Waals surface area contributed by atoms with Gasteiger partial charge in [-0.25, -0.2) is 0 Å². The molecule has 1 aliphatic rings. The van der Waals surface area contributed by atoms with Crippen LogP contribution in [0.5, 0.6) is 0 Å². The van der Waals surface area contributed by atoms with Crippen LogP contribution in [0, 0.1) is 11.3 Å². The van der Waals surface area contributed by atoms with E-state index in [0.717, 1.165) is 24.6 Å². The molecule has 0 aliphatic heterocycles. The van der Waals surface area contributed by atoms with Crippen molar-refractivity contribution in [2.45, 2.75) is 71.6 Å². The molecule has 1 aromatic rings. The summed E-state index contributed by atoms with van der Waals surface area (Å²) in [5.41, 5.74) is -0.786. The summed E-state index contributed by atoms with van der Waals surface area (Å²) in [7, 11) is 0. The van der Waals surface area contributed by atoms with Gasteiger partial charge in [-0.05, 0) is 38.0 Å². The van der Waals surface area contributed by atoms with Crippen LogP contribution in [0.25, 0.3) is 0 Å². The van der Waals surface area contributed by atoms with Crippen molar-refractivity contribution in [2.24, 2.45) is 11.3 Å². The van der Waals surface area contributed by atoms with Gasteiger partial charge in [-0.1, -0.05) is 32.3 Å². The summed E-state index contributed by atoms with van der Waals surface area (Å²) in [6, 6.07) is 0. The Hall–Kier alpha value is -1.39. The van der Waals surface area contributed by atoms with Gasteiger partial charge in [0.2, 0.25) is 5.89 Å². The molecule has 21 heavy (non-hydrogen) atoms. The number of carbonyl (C=O) groups is 1. The molecule has 118 valence electrons. The van der Waals surface area contributed by atoms with E-state index >= 15 is 0 Å². The highest BCUT2D eigenvalue weighted by molar-refractivity contribution is 5.74. The second-order valence-electron chi connectivity index (χ2n) is 6.30. The quantitative estimate of drug-likeness (QED) is 0.827. The van der Waals surface area contributed by atoms with Crippen molar-refractivity contribution >= 4 is 5.97 Å². The second-order valence-corrected chi connectivity index (χ2v) is 6.30. The molecule has 5 nitrogen and oxygen atoms in total. The van der Waals surface area contributed by atoms with Crippen LogP contribution in [-0.4, -0.2) is 21.2 Å². The molecule has 1 N–H and O–H groups in total. The van der Waals surface area contributed by atoms with Crippen LogP contribution in [0.15, 0.2) is 4.52 Å². The van der Waals surface area contributed by atoms with Gasteiger partial charge in [0, 0.05) is 12.3 Å². The van der Waals surface area contributed by atoms with Gasteiger partial charge < -0.3 is 9.63 Å². The topological polar surface area (TPSA) is 76.2 Å². The molecule has 0 amide bonds. The number of carboxylic acid groups (broad SMARTS) is 1. The molecule has 2 unspecified atom stereocenters. The van der Waals surface area contributed by atoms with E-state index in [1.807, 2.05) is 13.8 Å². The highest BCUT2D eigenvalue weighted by Crippen LogP contribution is 2.39. The Kier molecular flexibility index (Phi) is 5.01. The fraction of sp³-hybridized carbons (Fsp3) is 0.812. The molecule has 1 aliphatic carbocycles. The molecular weight excluding hydrogens is 268 g/mol. The highest BCUT2D eigenvalue weighted by atomic mass is 16.5. The van der Waals surface area contributed by atoms with Gasteiger partial charge in [0.15, 0.2) is 5.82 Å². The van der Waals surface area contributed by atoms with Crippen molar-refractivity contribution in [3.8, 4) is 0 Å². The van der Waals surface area contributed by atoms with E-state index in [4.69, 9.17) is 4.52 Å². The predicted molar refractivity (Wildman–Crippen MR) is 79.0 cm³/mol. The Morgan fingerprint density at radius 1 is 1.33 bits per heavy atom. The normalized spacial score (nSPS) is 22.6. The Balaban J connectivity index is 2.08. The predicted octanol–water partition coefficient (Wildman–Crippen LogP) is 3.80. The van der Waals surface area contributed by atoms with E-state index in [-0.39, 0.29) is 0 Å². The molecule has 0 radical (unpaired) electrons. The van der Waals surface area contributed by atoms with Crippen LogP contribution >= 0.6 is 0 Å². The number of carboxylic acids is 1. The van der Waals surface area contributed by atoms with E-state index in [0.29, 0.717) is 31.1 Å². The third-order valence-electron chi connectivity index (χ3n) is 5.26. The zero-order valence-electron chi connectivity index (χ0n) is 13.3. The first kappa shape index (κ1) is 16.0. The fourth-order valence-corrected chi connectivity index (χ4v) is 3.35. The van der Waals surface area contributed by atoms with E-state index in [1.54, 1.807) is 0 Å². The Morgan fingerprint density at radius 2 is 2.05 bits per heavy atom. The van der Waals surface area contributed by atoms with E-state index < -0.39 is 11.4 Å². The van der Waals surface area contributed by atoms with Gasteiger partial charge in [-0.3, -0.25) is 4.79 Å². The average Bonchev–Trinajstić information content (AvgIpc) is 3.13.